The summed E-state index contributed by atoms with van der Waals surface area (Å²) in [6, 6.07) is 8.89. The smallest absolute Gasteiger partial charge is 0.145 e. The number of benzene rings is 1. The molecule has 8 heteroatoms. The van der Waals surface area contributed by atoms with Gasteiger partial charge in [0.15, 0.2) is 0 Å². The van der Waals surface area contributed by atoms with Gasteiger partial charge in [-0.1, -0.05) is 96.2 Å². The number of aldehydes is 1. The van der Waals surface area contributed by atoms with Crippen LogP contribution in [0, 0.1) is 34.5 Å². The molecule has 4 aliphatic carbocycles. The standard InChI is InChI=1S/C49H68N2O6/c1-34-13-14-39(28-37-10-8-11-38(27-37)29-45(4,51-31-34)23-26-57-6)35(2)9-7-12-41(33-54)42-16-18-48-44-43(36(3)32-53)40(30-47(48,55)21-24-50-5)15-17-46(44,22-25-52)19-20-49(42,48)56/h7-13,15,17,19-20,27,32,39-40,42,44,50-52,54-56H,2,14,16,18,21-26,28-31,33H2,1,3-6H3/b9-7+,34-13+,41-12-,43-36-/t39-,40-,42+,44+,45+,46+,47-,48+,49-/m1/s1. The second-order valence-corrected chi connectivity index (χ2v) is 18.2. The summed E-state index contributed by atoms with van der Waals surface area (Å²) in [7, 11) is 3.63. The third-order valence-electron chi connectivity index (χ3n) is 14.7. The topological polar surface area (TPSA) is 131 Å². The first-order chi connectivity index (χ1) is 27.3. The van der Waals surface area contributed by atoms with E-state index < -0.39 is 33.9 Å². The van der Waals surface area contributed by atoms with Crippen LogP contribution in [0.4, 0.5) is 0 Å². The van der Waals surface area contributed by atoms with Gasteiger partial charge < -0.3 is 35.8 Å². The van der Waals surface area contributed by atoms with Crippen LogP contribution in [0.2, 0.25) is 0 Å². The van der Waals surface area contributed by atoms with Crippen molar-refractivity contribution in [1.29, 1.82) is 0 Å². The van der Waals surface area contributed by atoms with E-state index >= 15 is 0 Å². The van der Waals surface area contributed by atoms with E-state index in [1.54, 1.807) is 7.11 Å². The fourth-order valence-corrected chi connectivity index (χ4v) is 11.7. The van der Waals surface area contributed by atoms with Crippen LogP contribution in [-0.4, -0.2) is 90.5 Å². The van der Waals surface area contributed by atoms with Crippen molar-refractivity contribution in [2.24, 2.45) is 34.5 Å². The first-order valence-corrected chi connectivity index (χ1v) is 21.2. The Morgan fingerprint density at radius 1 is 1.12 bits per heavy atom. The molecule has 5 aliphatic rings. The third kappa shape index (κ3) is 7.96. The zero-order valence-electron chi connectivity index (χ0n) is 35.0. The summed E-state index contributed by atoms with van der Waals surface area (Å²) in [5.74, 6) is -0.847. The van der Waals surface area contributed by atoms with Gasteiger partial charge in [0, 0.05) is 61.0 Å². The average Bonchev–Trinajstić information content (AvgIpc) is 3.52. The highest BCUT2D eigenvalue weighted by Gasteiger charge is 2.77. The Morgan fingerprint density at radius 2 is 1.91 bits per heavy atom. The molecule has 8 nitrogen and oxygen atoms in total. The monoisotopic (exact) mass is 781 g/mol. The Hall–Kier alpha value is -3.21. The van der Waals surface area contributed by atoms with Gasteiger partial charge in [-0.3, -0.25) is 4.79 Å². The second-order valence-electron chi connectivity index (χ2n) is 18.2. The molecule has 2 saturated carbocycles. The predicted molar refractivity (Wildman–Crippen MR) is 228 cm³/mol. The highest BCUT2D eigenvalue weighted by molar-refractivity contribution is 5.75. The first kappa shape index (κ1) is 43.4. The Labute approximate surface area is 341 Å². The first-order valence-electron chi connectivity index (χ1n) is 21.2. The Balaban J connectivity index is 1.33. The lowest BCUT2D eigenvalue weighted by Gasteiger charge is -2.68. The molecule has 310 valence electrons. The van der Waals surface area contributed by atoms with Crippen molar-refractivity contribution in [3.8, 4) is 0 Å². The number of carbonyl (C=O) groups excluding carboxylic acids is 1. The summed E-state index contributed by atoms with van der Waals surface area (Å²) in [4.78, 5) is 12.5. The number of aliphatic hydroxyl groups excluding tert-OH is 2. The van der Waals surface area contributed by atoms with E-state index in [0.29, 0.717) is 56.4 Å². The molecule has 1 spiro atoms. The fraction of sp³-hybridized carbons (Fsp3) is 0.571. The van der Waals surface area contributed by atoms with Crippen molar-refractivity contribution in [2.75, 3.05) is 47.1 Å². The van der Waals surface area contributed by atoms with Crippen molar-refractivity contribution >= 4 is 6.29 Å². The molecule has 9 atom stereocenters. The number of rotatable bonds is 14. The van der Waals surface area contributed by atoms with Crippen LogP contribution in [-0.2, 0) is 22.4 Å². The fourth-order valence-electron chi connectivity index (χ4n) is 11.7. The SMILES string of the molecule is C=C(/C=C/C=C(/CO)[C@@H]1CC[C@@]23[C@H]4/C(=C(/C)C=O)[C@H](C=C[C@@]4(CCO)C=C[C@@]12O)C[C@]3(O)CCNC)[C@@H]1C/C=C(\C)CN[C@@](C)(CCOC)Cc2cccc(c2)C1. The van der Waals surface area contributed by atoms with Crippen LogP contribution >= 0.6 is 0 Å². The highest BCUT2D eigenvalue weighted by atomic mass is 16.5. The molecule has 0 aromatic heterocycles. The van der Waals surface area contributed by atoms with Crippen molar-refractivity contribution in [3.63, 3.8) is 0 Å². The molecule has 1 aromatic rings. The van der Waals surface area contributed by atoms with Crippen molar-refractivity contribution in [2.45, 2.75) is 95.3 Å². The summed E-state index contributed by atoms with van der Waals surface area (Å²) >= 11 is 0. The molecule has 2 fully saturated rings. The highest BCUT2D eigenvalue weighted by Crippen LogP contribution is 2.75. The molecule has 0 radical (unpaired) electrons. The molecule has 0 saturated heterocycles. The molecule has 6 rings (SSSR count). The van der Waals surface area contributed by atoms with Gasteiger partial charge in [0.1, 0.15) is 6.29 Å². The van der Waals surface area contributed by atoms with E-state index in [9.17, 15) is 25.2 Å². The van der Waals surface area contributed by atoms with Gasteiger partial charge in [-0.15, -0.1) is 0 Å². The van der Waals surface area contributed by atoms with E-state index in [0.717, 1.165) is 49.7 Å². The summed E-state index contributed by atoms with van der Waals surface area (Å²) in [6.45, 7) is 12.6. The molecule has 1 aromatic carbocycles. The zero-order valence-corrected chi connectivity index (χ0v) is 35.0. The Morgan fingerprint density at radius 3 is 2.63 bits per heavy atom. The molecule has 4 bridgehead atoms. The van der Waals surface area contributed by atoms with Gasteiger partial charge in [-0.2, -0.15) is 0 Å². The molecule has 0 amide bonds. The van der Waals surface area contributed by atoms with E-state index in [-0.39, 0.29) is 30.6 Å². The molecule has 0 unspecified atom stereocenters. The number of methoxy groups -OCH3 is 1. The molecule has 1 aliphatic heterocycles. The maximum Gasteiger partial charge on any atom is 0.145 e. The minimum Gasteiger partial charge on any atom is -0.396 e. The van der Waals surface area contributed by atoms with Crippen LogP contribution in [0.5, 0.6) is 0 Å². The summed E-state index contributed by atoms with van der Waals surface area (Å²) < 4.78 is 5.46. The molecule has 1 heterocycles. The minimum atomic E-state index is -1.52. The summed E-state index contributed by atoms with van der Waals surface area (Å²) in [5.41, 5.74) is 2.55. The lowest BCUT2D eigenvalue weighted by atomic mass is 9.37. The van der Waals surface area contributed by atoms with Crippen LogP contribution < -0.4 is 10.6 Å². The van der Waals surface area contributed by atoms with Crippen molar-refractivity contribution in [1.82, 2.24) is 10.6 Å². The molecule has 6 N–H and O–H groups in total. The maximum absolute atomic E-state index is 13.3. The maximum atomic E-state index is 13.3. The van der Waals surface area contributed by atoms with Crippen LogP contribution in [0.3, 0.4) is 0 Å². The Kier molecular flexibility index (Phi) is 13.4. The molecule has 57 heavy (non-hydrogen) atoms. The number of nitrogens with one attached hydrogen (secondary N) is 2. The minimum absolute atomic E-state index is 0.0698. The van der Waals surface area contributed by atoms with Crippen molar-refractivity contribution in [3.05, 3.63) is 118 Å². The number of carbonyl (C=O) groups is 1. The molecular weight excluding hydrogens is 713 g/mol. The van der Waals surface area contributed by atoms with Gasteiger partial charge in [-0.05, 0) is 120 Å². The lowest BCUT2D eigenvalue weighted by molar-refractivity contribution is -0.233. The molecular formula is C49H68N2O6. The predicted octanol–water partition coefficient (Wildman–Crippen LogP) is 6.28. The van der Waals surface area contributed by atoms with Crippen LogP contribution in [0.15, 0.2) is 107 Å². The largest absolute Gasteiger partial charge is 0.396 e. The zero-order chi connectivity index (χ0) is 41.1. The number of hydrogen-bond donors (Lipinski definition) is 6. The van der Waals surface area contributed by atoms with Gasteiger partial charge in [0.25, 0.3) is 0 Å². The summed E-state index contributed by atoms with van der Waals surface area (Å²) in [6.07, 6.45) is 23.2. The van der Waals surface area contributed by atoms with Crippen LogP contribution in [0.1, 0.15) is 76.8 Å². The number of fused-ring (bicyclic) bond motifs is 3. The number of allylic oxidation sites excluding steroid dienone is 10. The van der Waals surface area contributed by atoms with Gasteiger partial charge in [0.05, 0.1) is 17.8 Å². The van der Waals surface area contributed by atoms with E-state index in [1.807, 2.05) is 44.4 Å². The normalized spacial score (nSPS) is 38.2. The number of ether oxygens (including phenoxy) is 1. The van der Waals surface area contributed by atoms with Crippen LogP contribution in [0.25, 0.3) is 0 Å². The van der Waals surface area contributed by atoms with E-state index in [4.69, 9.17) is 4.74 Å². The Bertz CT molecular complexity index is 1840. The number of hydrogen-bond acceptors (Lipinski definition) is 8. The van der Waals surface area contributed by atoms with Gasteiger partial charge >= 0.3 is 0 Å². The number of aliphatic hydroxyl groups is 4. The third-order valence-corrected chi connectivity index (χ3v) is 14.7. The average molecular weight is 781 g/mol. The van der Waals surface area contributed by atoms with E-state index in [2.05, 4.69) is 73.6 Å². The van der Waals surface area contributed by atoms with Gasteiger partial charge in [-0.25, -0.2) is 0 Å². The quantitative estimate of drug-likeness (QED) is 0.0564. The van der Waals surface area contributed by atoms with Gasteiger partial charge in [0.2, 0.25) is 0 Å². The van der Waals surface area contributed by atoms with Crippen molar-refractivity contribution < 1.29 is 30.0 Å². The van der Waals surface area contributed by atoms with E-state index in [1.165, 1.54) is 16.7 Å². The second kappa shape index (κ2) is 17.6. The summed E-state index contributed by atoms with van der Waals surface area (Å²) in [5, 5.41) is 54.8. The lowest BCUT2D eigenvalue weighted by Crippen LogP contribution is -2.72.